The third-order valence-electron chi connectivity index (χ3n) is 5.04. The number of carbonyl (C=O) groups is 2. The van der Waals surface area contributed by atoms with Crippen LogP contribution in [-0.4, -0.2) is 18.3 Å². The van der Waals surface area contributed by atoms with Crippen molar-refractivity contribution < 1.29 is 18.7 Å². The number of ether oxygens (including phenoxy) is 1. The van der Waals surface area contributed by atoms with Gasteiger partial charge in [0.05, 0.1) is 0 Å². The number of amides is 1. The van der Waals surface area contributed by atoms with Crippen molar-refractivity contribution in [2.24, 2.45) is 0 Å². The van der Waals surface area contributed by atoms with Crippen LogP contribution in [0.5, 0.6) is 5.75 Å². The maximum absolute atomic E-state index is 12.4. The molecule has 170 valence electrons. The van der Waals surface area contributed by atoms with E-state index in [2.05, 4.69) is 5.32 Å². The number of carbonyl (C=O) groups excluding carboxylic acids is 2. The Morgan fingerprint density at radius 1 is 1.00 bits per heavy atom. The monoisotopic (exact) mass is 473 g/mol. The molecule has 0 atom stereocenters. The molecule has 1 N–H and O–H groups in total. The van der Waals surface area contributed by atoms with Crippen LogP contribution in [0.3, 0.4) is 0 Å². The summed E-state index contributed by atoms with van der Waals surface area (Å²) in [5.41, 5.74) is 2.65. The predicted octanol–water partition coefficient (Wildman–Crippen LogP) is 5.67. The molecule has 0 saturated carbocycles. The zero-order valence-corrected chi connectivity index (χ0v) is 19.0. The van der Waals surface area contributed by atoms with Crippen LogP contribution in [0.15, 0.2) is 88.1 Å². The summed E-state index contributed by atoms with van der Waals surface area (Å²) in [5, 5.41) is 4.15. The van der Waals surface area contributed by atoms with Crippen LogP contribution in [0.4, 0.5) is 5.69 Å². The van der Waals surface area contributed by atoms with E-state index < -0.39 is 5.63 Å². The average molecular weight is 474 g/mol. The zero-order valence-electron chi connectivity index (χ0n) is 18.2. The molecule has 7 heteroatoms. The summed E-state index contributed by atoms with van der Waals surface area (Å²) in [4.78, 5) is 36.2. The fourth-order valence-corrected chi connectivity index (χ4v) is 3.43. The van der Waals surface area contributed by atoms with Crippen molar-refractivity contribution in [3.05, 3.63) is 111 Å². The van der Waals surface area contributed by atoms with Gasteiger partial charge in [-0.2, -0.15) is 0 Å². The summed E-state index contributed by atoms with van der Waals surface area (Å²) < 4.78 is 10.7. The first-order valence-corrected chi connectivity index (χ1v) is 10.8. The Morgan fingerprint density at radius 2 is 1.74 bits per heavy atom. The topological polar surface area (TPSA) is 85.6 Å². The number of anilines is 1. The van der Waals surface area contributed by atoms with E-state index in [1.807, 2.05) is 19.1 Å². The van der Waals surface area contributed by atoms with Gasteiger partial charge in [-0.25, -0.2) is 4.79 Å². The molecule has 1 aromatic heterocycles. The minimum absolute atomic E-state index is 0.158. The number of halogens is 1. The van der Waals surface area contributed by atoms with Gasteiger partial charge in [-0.3, -0.25) is 9.59 Å². The SMILES string of the molecule is Cc1cc(=O)oc2cc(OCC(=O)Nc3ccc(C(=O)/C=C/c4ccc(Cl)cc4)cc3)ccc12. The molecule has 0 fully saturated rings. The smallest absolute Gasteiger partial charge is 0.336 e. The van der Waals surface area contributed by atoms with E-state index in [0.717, 1.165) is 16.5 Å². The Kier molecular flexibility index (Phi) is 6.90. The minimum atomic E-state index is -0.442. The number of ketones is 1. The van der Waals surface area contributed by atoms with E-state index in [4.69, 9.17) is 20.8 Å². The van der Waals surface area contributed by atoms with Crippen molar-refractivity contribution in [2.75, 3.05) is 11.9 Å². The van der Waals surface area contributed by atoms with Crippen LogP contribution in [0, 0.1) is 6.92 Å². The van der Waals surface area contributed by atoms with Crippen molar-refractivity contribution in [2.45, 2.75) is 6.92 Å². The van der Waals surface area contributed by atoms with Gasteiger partial charge in [0, 0.05) is 33.8 Å². The second-order valence-electron chi connectivity index (χ2n) is 7.57. The molecule has 0 radical (unpaired) electrons. The maximum atomic E-state index is 12.4. The standard InChI is InChI=1S/C27H20ClNO5/c1-17-14-27(32)34-25-15-22(11-12-23(17)25)33-16-26(31)29-21-9-5-19(6-10-21)24(30)13-4-18-2-7-20(28)8-3-18/h2-15H,16H2,1H3,(H,29,31)/b13-4+. The summed E-state index contributed by atoms with van der Waals surface area (Å²) in [6, 6.07) is 20.2. The van der Waals surface area contributed by atoms with Gasteiger partial charge in [0.1, 0.15) is 11.3 Å². The van der Waals surface area contributed by atoms with Crippen LogP contribution in [0.2, 0.25) is 5.02 Å². The highest BCUT2D eigenvalue weighted by Crippen LogP contribution is 2.22. The Labute approximate surface area is 200 Å². The second-order valence-corrected chi connectivity index (χ2v) is 8.01. The van der Waals surface area contributed by atoms with E-state index in [9.17, 15) is 14.4 Å². The third kappa shape index (κ3) is 5.79. The lowest BCUT2D eigenvalue weighted by molar-refractivity contribution is -0.118. The Balaban J connectivity index is 1.33. The lowest BCUT2D eigenvalue weighted by Gasteiger charge is -2.09. The van der Waals surface area contributed by atoms with Gasteiger partial charge in [0.25, 0.3) is 5.91 Å². The van der Waals surface area contributed by atoms with Gasteiger partial charge in [-0.15, -0.1) is 0 Å². The number of hydrogen-bond acceptors (Lipinski definition) is 5. The molecule has 3 aromatic carbocycles. The van der Waals surface area contributed by atoms with Gasteiger partial charge in [-0.05, 0) is 72.7 Å². The van der Waals surface area contributed by atoms with Crippen molar-refractivity contribution in [3.8, 4) is 5.75 Å². The number of hydrogen-bond donors (Lipinski definition) is 1. The highest BCUT2D eigenvalue weighted by molar-refractivity contribution is 6.30. The molecule has 4 rings (SSSR count). The van der Waals surface area contributed by atoms with Crippen molar-refractivity contribution in [1.82, 2.24) is 0 Å². The predicted molar refractivity (Wildman–Crippen MR) is 133 cm³/mol. The van der Waals surface area contributed by atoms with E-state index in [1.165, 1.54) is 12.1 Å². The molecule has 0 bridgehead atoms. The molecule has 0 spiro atoms. The molecular formula is C27H20ClNO5. The van der Waals surface area contributed by atoms with Gasteiger partial charge in [0.15, 0.2) is 12.4 Å². The van der Waals surface area contributed by atoms with Crippen LogP contribution in [0.25, 0.3) is 17.0 Å². The summed E-state index contributed by atoms with van der Waals surface area (Å²) in [6.45, 7) is 1.59. The number of aryl methyl sites for hydroxylation is 1. The molecule has 6 nitrogen and oxygen atoms in total. The van der Waals surface area contributed by atoms with E-state index in [1.54, 1.807) is 60.7 Å². The lowest BCUT2D eigenvalue weighted by Crippen LogP contribution is -2.20. The summed E-state index contributed by atoms with van der Waals surface area (Å²) in [6.07, 6.45) is 3.20. The normalized spacial score (nSPS) is 11.0. The van der Waals surface area contributed by atoms with Crippen molar-refractivity contribution in [3.63, 3.8) is 0 Å². The van der Waals surface area contributed by atoms with Crippen LogP contribution >= 0.6 is 11.6 Å². The fourth-order valence-electron chi connectivity index (χ4n) is 3.30. The fraction of sp³-hybridized carbons (Fsp3) is 0.0741. The largest absolute Gasteiger partial charge is 0.484 e. The summed E-state index contributed by atoms with van der Waals surface area (Å²) in [7, 11) is 0. The molecule has 0 saturated heterocycles. The number of allylic oxidation sites excluding steroid dienone is 1. The summed E-state index contributed by atoms with van der Waals surface area (Å²) in [5.74, 6) is -0.119. The van der Waals surface area contributed by atoms with E-state index >= 15 is 0 Å². The zero-order chi connectivity index (χ0) is 24.1. The first kappa shape index (κ1) is 23.0. The number of fused-ring (bicyclic) bond motifs is 1. The van der Waals surface area contributed by atoms with Gasteiger partial charge < -0.3 is 14.5 Å². The molecule has 0 aliphatic heterocycles. The maximum Gasteiger partial charge on any atom is 0.336 e. The van der Waals surface area contributed by atoms with Crippen molar-refractivity contribution in [1.29, 1.82) is 0 Å². The van der Waals surface area contributed by atoms with Gasteiger partial charge in [-0.1, -0.05) is 29.8 Å². The van der Waals surface area contributed by atoms with Gasteiger partial charge >= 0.3 is 5.63 Å². The highest BCUT2D eigenvalue weighted by atomic mass is 35.5. The molecule has 34 heavy (non-hydrogen) atoms. The molecular weight excluding hydrogens is 454 g/mol. The van der Waals surface area contributed by atoms with Crippen LogP contribution < -0.4 is 15.7 Å². The Morgan fingerprint density at radius 3 is 2.47 bits per heavy atom. The van der Waals surface area contributed by atoms with E-state index in [0.29, 0.717) is 27.6 Å². The first-order valence-electron chi connectivity index (χ1n) is 10.4. The Bertz CT molecular complexity index is 1440. The number of nitrogens with one attached hydrogen (secondary N) is 1. The molecule has 4 aromatic rings. The van der Waals surface area contributed by atoms with E-state index in [-0.39, 0.29) is 18.3 Å². The lowest BCUT2D eigenvalue weighted by atomic mass is 10.1. The minimum Gasteiger partial charge on any atom is -0.484 e. The average Bonchev–Trinajstić information content (AvgIpc) is 2.82. The quantitative estimate of drug-likeness (QED) is 0.212. The van der Waals surface area contributed by atoms with Crippen LogP contribution in [-0.2, 0) is 4.79 Å². The third-order valence-corrected chi connectivity index (χ3v) is 5.30. The molecule has 1 amide bonds. The molecule has 0 aliphatic carbocycles. The first-order chi connectivity index (χ1) is 16.4. The highest BCUT2D eigenvalue weighted by Gasteiger charge is 2.08. The number of benzene rings is 3. The molecule has 1 heterocycles. The van der Waals surface area contributed by atoms with Crippen molar-refractivity contribution >= 4 is 46.0 Å². The summed E-state index contributed by atoms with van der Waals surface area (Å²) >= 11 is 5.86. The molecule has 0 unspecified atom stereocenters. The second kappa shape index (κ2) is 10.2. The Hall–Kier alpha value is -4.16. The number of rotatable bonds is 7. The van der Waals surface area contributed by atoms with Crippen LogP contribution in [0.1, 0.15) is 21.5 Å². The van der Waals surface area contributed by atoms with Gasteiger partial charge in [0.2, 0.25) is 0 Å². The molecule has 0 aliphatic rings.